The minimum absolute atomic E-state index is 0.377. The number of benzene rings is 7. The number of fused-ring (bicyclic) bond motifs is 10. The van der Waals surface area contributed by atoms with Crippen molar-refractivity contribution in [1.29, 1.82) is 0 Å². The minimum Gasteiger partial charge on any atom is -0.455 e. The first-order valence-electron chi connectivity index (χ1n) is 18.2. The molecule has 0 N–H and O–H groups in total. The van der Waals surface area contributed by atoms with Gasteiger partial charge in [-0.2, -0.15) is 0 Å². The maximum atomic E-state index is 6.34. The quantitative estimate of drug-likeness (QED) is 0.174. The van der Waals surface area contributed by atoms with Crippen LogP contribution in [0.4, 0.5) is 0 Å². The molecule has 3 heteroatoms. The second-order valence-electron chi connectivity index (χ2n) is 14.7. The van der Waals surface area contributed by atoms with Gasteiger partial charge >= 0.3 is 0 Å². The van der Waals surface area contributed by atoms with Gasteiger partial charge in [-0.25, -0.2) is 9.97 Å². The van der Waals surface area contributed by atoms with Gasteiger partial charge in [0, 0.05) is 32.5 Å². The van der Waals surface area contributed by atoms with E-state index in [4.69, 9.17) is 14.4 Å². The first-order chi connectivity index (χ1) is 25.9. The summed E-state index contributed by atoms with van der Waals surface area (Å²) in [6.07, 6.45) is 8.95. The van der Waals surface area contributed by atoms with E-state index in [0.29, 0.717) is 0 Å². The first-order valence-corrected chi connectivity index (χ1v) is 18.2. The molecule has 0 radical (unpaired) electrons. The van der Waals surface area contributed by atoms with E-state index in [1.54, 1.807) is 0 Å². The van der Waals surface area contributed by atoms with Crippen molar-refractivity contribution in [3.8, 4) is 22.3 Å². The molecule has 0 saturated heterocycles. The van der Waals surface area contributed by atoms with Gasteiger partial charge in [-0.1, -0.05) is 166 Å². The van der Waals surface area contributed by atoms with Crippen LogP contribution in [-0.2, 0) is 5.41 Å². The van der Waals surface area contributed by atoms with Crippen molar-refractivity contribution >= 4 is 65.7 Å². The predicted octanol–water partition coefficient (Wildman–Crippen LogP) is 13.5. The second-order valence-corrected chi connectivity index (χ2v) is 14.7. The second kappa shape index (κ2) is 12.0. The number of rotatable bonds is 3. The zero-order valence-electron chi connectivity index (χ0n) is 29.9. The van der Waals surface area contributed by atoms with Gasteiger partial charge in [0.2, 0.25) is 0 Å². The first kappa shape index (κ1) is 31.2. The third kappa shape index (κ3) is 5.11. The fourth-order valence-corrected chi connectivity index (χ4v) is 8.00. The maximum Gasteiger partial charge on any atom is 0.143 e. The summed E-state index contributed by atoms with van der Waals surface area (Å²) in [5.74, 6) is 0. The molecule has 2 heterocycles. The summed E-state index contributed by atoms with van der Waals surface area (Å²) >= 11 is 0. The summed E-state index contributed by atoms with van der Waals surface area (Å²) in [4.78, 5) is 10.9. The molecule has 0 atom stereocenters. The van der Waals surface area contributed by atoms with Crippen LogP contribution in [0.1, 0.15) is 37.7 Å². The molecule has 1 aliphatic rings. The monoisotopic (exact) mass is 680 g/mol. The molecule has 252 valence electrons. The average molecular weight is 681 g/mol. The van der Waals surface area contributed by atoms with Crippen LogP contribution in [0, 0.1) is 0 Å². The molecule has 1 aliphatic carbocycles. The third-order valence-electron chi connectivity index (χ3n) is 10.9. The van der Waals surface area contributed by atoms with Crippen LogP contribution in [0.2, 0.25) is 0 Å². The number of allylic oxidation sites excluding steroid dienone is 6. The third-order valence-corrected chi connectivity index (χ3v) is 10.9. The largest absolute Gasteiger partial charge is 0.455 e. The Morgan fingerprint density at radius 1 is 0.509 bits per heavy atom. The van der Waals surface area contributed by atoms with Crippen molar-refractivity contribution in [3.05, 3.63) is 181 Å². The fourth-order valence-electron chi connectivity index (χ4n) is 8.00. The van der Waals surface area contributed by atoms with E-state index in [2.05, 4.69) is 172 Å². The molecule has 0 spiro atoms. The van der Waals surface area contributed by atoms with Crippen LogP contribution < -0.4 is 0 Å². The molecule has 0 amide bonds. The lowest BCUT2D eigenvalue weighted by Crippen LogP contribution is -2.19. The highest BCUT2D eigenvalue weighted by Crippen LogP contribution is 2.40. The van der Waals surface area contributed by atoms with Crippen LogP contribution in [0.15, 0.2) is 168 Å². The van der Waals surface area contributed by atoms with Crippen LogP contribution >= 0.6 is 0 Å². The van der Waals surface area contributed by atoms with Gasteiger partial charge in [-0.15, -0.1) is 0 Å². The molecular weight excluding hydrogens is 645 g/mol. The lowest BCUT2D eigenvalue weighted by Gasteiger charge is -2.24. The van der Waals surface area contributed by atoms with Crippen molar-refractivity contribution in [2.45, 2.75) is 26.2 Å². The summed E-state index contributed by atoms with van der Waals surface area (Å²) < 4.78 is 6.34. The Kier molecular flexibility index (Phi) is 7.06. The summed E-state index contributed by atoms with van der Waals surface area (Å²) in [5.41, 5.74) is 13.2. The van der Waals surface area contributed by atoms with Gasteiger partial charge in [0.1, 0.15) is 11.2 Å². The van der Waals surface area contributed by atoms with E-state index < -0.39 is 0 Å². The average Bonchev–Trinajstić information content (AvgIpc) is 3.61. The van der Waals surface area contributed by atoms with Crippen LogP contribution in [0.25, 0.3) is 87.9 Å². The van der Waals surface area contributed by atoms with Crippen molar-refractivity contribution in [1.82, 2.24) is 9.97 Å². The summed E-state index contributed by atoms with van der Waals surface area (Å²) in [7, 11) is 0. The topological polar surface area (TPSA) is 38.9 Å². The molecule has 3 nitrogen and oxygen atoms in total. The molecule has 0 saturated carbocycles. The highest BCUT2D eigenvalue weighted by Gasteiger charge is 2.27. The lowest BCUT2D eigenvalue weighted by atomic mass is 9.85. The minimum atomic E-state index is -0.377. The smallest absolute Gasteiger partial charge is 0.143 e. The Labute approximate surface area is 308 Å². The van der Waals surface area contributed by atoms with Crippen molar-refractivity contribution in [2.24, 2.45) is 0 Å². The van der Waals surface area contributed by atoms with E-state index in [0.717, 1.165) is 83.0 Å². The Morgan fingerprint density at radius 3 is 1.87 bits per heavy atom. The van der Waals surface area contributed by atoms with Crippen LogP contribution in [0.5, 0.6) is 0 Å². The number of hydrogen-bond donors (Lipinski definition) is 0. The van der Waals surface area contributed by atoms with Gasteiger partial charge in [0.25, 0.3) is 0 Å². The van der Waals surface area contributed by atoms with Gasteiger partial charge in [-0.05, 0) is 63.2 Å². The molecule has 7 aromatic carbocycles. The molecule has 0 aliphatic heterocycles. The summed E-state index contributed by atoms with van der Waals surface area (Å²) in [6, 6.07) is 49.4. The van der Waals surface area contributed by atoms with E-state index in [1.165, 1.54) is 21.9 Å². The number of para-hydroxylation sites is 2. The Balaban J connectivity index is 1.03. The zero-order valence-corrected chi connectivity index (χ0v) is 29.9. The Hall–Kier alpha value is -6.58. The highest BCUT2D eigenvalue weighted by atomic mass is 16.3. The zero-order chi connectivity index (χ0) is 35.7. The molecule has 9 aromatic rings. The number of furan rings is 1. The van der Waals surface area contributed by atoms with E-state index >= 15 is 0 Å². The summed E-state index contributed by atoms with van der Waals surface area (Å²) in [6.45, 7) is 6.64. The van der Waals surface area contributed by atoms with E-state index in [1.807, 2.05) is 12.1 Å². The van der Waals surface area contributed by atoms with Gasteiger partial charge < -0.3 is 4.42 Å². The number of nitrogens with zero attached hydrogens (tertiary/aromatic N) is 2. The van der Waals surface area contributed by atoms with Gasteiger partial charge in [0.05, 0.1) is 22.4 Å². The van der Waals surface area contributed by atoms with E-state index in [9.17, 15) is 0 Å². The molecule has 0 unspecified atom stereocenters. The molecule has 0 bridgehead atoms. The molecule has 2 aromatic heterocycles. The van der Waals surface area contributed by atoms with E-state index in [-0.39, 0.29) is 5.41 Å². The normalized spacial score (nSPS) is 16.8. The van der Waals surface area contributed by atoms with Crippen molar-refractivity contribution in [3.63, 3.8) is 0 Å². The Bertz CT molecular complexity index is 3030. The Morgan fingerprint density at radius 2 is 1.11 bits per heavy atom. The van der Waals surface area contributed by atoms with Gasteiger partial charge in [0.15, 0.2) is 0 Å². The standard InChI is InChI=1S/C50H36N2O/c1-31-22-23-33(28-29-50(2,3)49-45(31)51-46-41-17-6-4-14-38(41)39-15-5-7-18-42(39)47(46)52-49)36-13-10-12-35(30-36)32-24-26-34(27-25-32)37-19-11-20-43-40-16-8-9-21-44(40)53-48(37)43/h4-30H,1-3H3/b29-28-,31-22+,33-23+. The maximum absolute atomic E-state index is 6.34. The van der Waals surface area contributed by atoms with Crippen LogP contribution in [-0.4, -0.2) is 9.97 Å². The van der Waals surface area contributed by atoms with Crippen LogP contribution in [0.3, 0.4) is 0 Å². The molecule has 0 fully saturated rings. The summed E-state index contributed by atoms with van der Waals surface area (Å²) in [5, 5.41) is 6.96. The highest BCUT2D eigenvalue weighted by molar-refractivity contribution is 6.23. The number of hydrogen-bond acceptors (Lipinski definition) is 3. The lowest BCUT2D eigenvalue weighted by molar-refractivity contribution is 0.640. The SMILES string of the molecule is C\C1=C/C=C(c2cccc(-c3ccc(-c4cccc5c4oc4ccccc45)cc3)c2)\C=C/C(C)(C)c2nc3c4ccccc4c4ccccc4c3nc21. The molecule has 53 heavy (non-hydrogen) atoms. The molecule has 10 rings (SSSR count). The number of aromatic nitrogens is 2. The molecular formula is C50H36N2O. The predicted molar refractivity (Wildman–Crippen MR) is 223 cm³/mol. The van der Waals surface area contributed by atoms with Gasteiger partial charge in [-0.3, -0.25) is 0 Å². The fraction of sp³-hybridized carbons (Fsp3) is 0.0800. The van der Waals surface area contributed by atoms with Crippen molar-refractivity contribution < 1.29 is 4.42 Å². The van der Waals surface area contributed by atoms with Crippen molar-refractivity contribution in [2.75, 3.05) is 0 Å².